The highest BCUT2D eigenvalue weighted by molar-refractivity contribution is 7.99. The zero-order valence-electron chi connectivity index (χ0n) is 12.7. The molecule has 0 aliphatic heterocycles. The highest BCUT2D eigenvalue weighted by Crippen LogP contribution is 2.31. The fourth-order valence-electron chi connectivity index (χ4n) is 2.08. The molecule has 0 saturated carbocycles. The summed E-state index contributed by atoms with van der Waals surface area (Å²) in [5, 5.41) is 22.1. The van der Waals surface area contributed by atoms with Gasteiger partial charge in [0.1, 0.15) is 6.07 Å². The lowest BCUT2D eigenvalue weighted by atomic mass is 9.84. The van der Waals surface area contributed by atoms with E-state index < -0.39 is 0 Å². The van der Waals surface area contributed by atoms with E-state index in [1.807, 2.05) is 18.2 Å². The van der Waals surface area contributed by atoms with Crippen LogP contribution in [0.3, 0.4) is 0 Å². The van der Waals surface area contributed by atoms with Crippen LogP contribution in [0.1, 0.15) is 39.7 Å². The molecule has 0 spiro atoms. The lowest BCUT2D eigenvalue weighted by molar-refractivity contribution is 0.235. The van der Waals surface area contributed by atoms with Gasteiger partial charge < -0.3 is 10.4 Å². The third-order valence-corrected chi connectivity index (χ3v) is 4.17. The molecule has 0 aliphatic rings. The van der Waals surface area contributed by atoms with Crippen LogP contribution in [0, 0.1) is 16.7 Å². The van der Waals surface area contributed by atoms with Crippen LogP contribution < -0.4 is 5.32 Å². The van der Waals surface area contributed by atoms with Gasteiger partial charge in [0.25, 0.3) is 0 Å². The van der Waals surface area contributed by atoms with Crippen molar-refractivity contribution in [2.75, 3.05) is 17.7 Å². The van der Waals surface area contributed by atoms with E-state index in [0.717, 1.165) is 16.3 Å². The second kappa shape index (κ2) is 7.56. The minimum absolute atomic E-state index is 0.0172. The third kappa shape index (κ3) is 4.43. The van der Waals surface area contributed by atoms with Crippen LogP contribution in [0.2, 0.25) is 0 Å². The van der Waals surface area contributed by atoms with Gasteiger partial charge in [0, 0.05) is 17.5 Å². The second-order valence-corrected chi connectivity index (χ2v) is 7.10. The van der Waals surface area contributed by atoms with Crippen molar-refractivity contribution in [3.63, 3.8) is 0 Å². The van der Waals surface area contributed by atoms with E-state index in [4.69, 9.17) is 0 Å². The molecule has 0 radical (unpaired) electrons. The topological polar surface area (TPSA) is 56.0 Å². The van der Waals surface area contributed by atoms with Crippen LogP contribution in [0.4, 0.5) is 5.69 Å². The Morgan fingerprint density at radius 1 is 1.40 bits per heavy atom. The predicted molar refractivity (Wildman–Crippen MR) is 86.1 cm³/mol. The van der Waals surface area contributed by atoms with Crippen molar-refractivity contribution >= 4 is 17.4 Å². The van der Waals surface area contributed by atoms with Crippen LogP contribution >= 0.6 is 11.8 Å². The van der Waals surface area contributed by atoms with Crippen LogP contribution in [0.15, 0.2) is 23.1 Å². The maximum Gasteiger partial charge on any atom is 0.102 e. The first kappa shape index (κ1) is 16.9. The lowest BCUT2D eigenvalue weighted by Crippen LogP contribution is -2.35. The summed E-state index contributed by atoms with van der Waals surface area (Å²) in [6, 6.07) is 8.32. The summed E-state index contributed by atoms with van der Waals surface area (Å²) in [5.41, 5.74) is 1.58. The number of benzene rings is 1. The van der Waals surface area contributed by atoms with Crippen molar-refractivity contribution in [2.24, 2.45) is 5.41 Å². The molecule has 0 saturated heterocycles. The highest BCUT2D eigenvalue weighted by atomic mass is 32.2. The number of hydrogen-bond donors (Lipinski definition) is 2. The van der Waals surface area contributed by atoms with Gasteiger partial charge in [-0.3, -0.25) is 0 Å². The fraction of sp³-hybridized carbons (Fsp3) is 0.562. The summed E-state index contributed by atoms with van der Waals surface area (Å²) in [6.45, 7) is 8.63. The lowest BCUT2D eigenvalue weighted by Gasteiger charge is -2.32. The number of aliphatic hydroxyl groups is 1. The van der Waals surface area contributed by atoms with Crippen molar-refractivity contribution in [1.29, 1.82) is 5.26 Å². The smallest absolute Gasteiger partial charge is 0.102 e. The number of aliphatic hydroxyl groups excluding tert-OH is 1. The van der Waals surface area contributed by atoms with E-state index >= 15 is 0 Å². The van der Waals surface area contributed by atoms with Gasteiger partial charge in [0.15, 0.2) is 0 Å². The molecular formula is C16H24N2OS. The van der Waals surface area contributed by atoms with Crippen molar-refractivity contribution in [3.8, 4) is 6.07 Å². The number of nitrogens with zero attached hydrogens (tertiary/aromatic N) is 1. The minimum Gasteiger partial charge on any atom is -0.396 e. The average molecular weight is 292 g/mol. The fourth-order valence-corrected chi connectivity index (χ4v) is 2.87. The molecule has 0 bridgehead atoms. The van der Waals surface area contributed by atoms with Gasteiger partial charge in [-0.15, -0.1) is 11.8 Å². The van der Waals surface area contributed by atoms with E-state index in [2.05, 4.69) is 39.1 Å². The normalized spacial score (nSPS) is 12.8. The highest BCUT2D eigenvalue weighted by Gasteiger charge is 2.25. The van der Waals surface area contributed by atoms with Gasteiger partial charge in [-0.2, -0.15) is 5.26 Å². The Balaban J connectivity index is 3.07. The Bertz CT molecular complexity index is 474. The Kier molecular flexibility index (Phi) is 6.38. The van der Waals surface area contributed by atoms with Crippen LogP contribution in [0.5, 0.6) is 0 Å². The van der Waals surface area contributed by atoms with Crippen LogP contribution in [0.25, 0.3) is 0 Å². The number of rotatable bonds is 6. The molecule has 4 heteroatoms. The Morgan fingerprint density at radius 2 is 2.10 bits per heavy atom. The number of nitrogens with one attached hydrogen (secondary N) is 1. The number of hydrogen-bond acceptors (Lipinski definition) is 4. The minimum atomic E-state index is 0.0172. The Hall–Kier alpha value is -1.18. The molecule has 2 N–H and O–H groups in total. The summed E-state index contributed by atoms with van der Waals surface area (Å²) in [4.78, 5) is 1.01. The molecule has 1 atom stereocenters. The molecule has 0 aliphatic carbocycles. The zero-order chi connectivity index (χ0) is 15.2. The predicted octanol–water partition coefficient (Wildman–Crippen LogP) is 3.88. The summed E-state index contributed by atoms with van der Waals surface area (Å²) < 4.78 is 0. The van der Waals surface area contributed by atoms with Crippen LogP contribution in [-0.4, -0.2) is 23.5 Å². The first-order valence-electron chi connectivity index (χ1n) is 6.97. The molecule has 0 aromatic heterocycles. The molecule has 1 unspecified atom stereocenters. The van der Waals surface area contributed by atoms with Crippen LogP contribution in [-0.2, 0) is 0 Å². The van der Waals surface area contributed by atoms with Gasteiger partial charge in [0.2, 0.25) is 0 Å². The second-order valence-electron chi connectivity index (χ2n) is 5.80. The molecule has 0 heterocycles. The van der Waals surface area contributed by atoms with Gasteiger partial charge in [-0.1, -0.05) is 33.8 Å². The Labute approximate surface area is 126 Å². The molecular weight excluding hydrogens is 268 g/mol. The van der Waals surface area contributed by atoms with E-state index in [9.17, 15) is 10.4 Å². The number of anilines is 1. The van der Waals surface area contributed by atoms with E-state index in [1.165, 1.54) is 0 Å². The van der Waals surface area contributed by atoms with Crippen molar-refractivity contribution in [3.05, 3.63) is 23.8 Å². The number of nitriles is 1. The molecule has 0 fully saturated rings. The summed E-state index contributed by atoms with van der Waals surface area (Å²) >= 11 is 1.68. The van der Waals surface area contributed by atoms with E-state index in [0.29, 0.717) is 12.0 Å². The standard InChI is InChI=1S/C16H24N2OS/c1-5-20-14-8-6-7-13(12(14)11-17)18-15(9-10-19)16(2,3)4/h6-8,15,18-19H,5,9-10H2,1-4H3. The molecule has 1 rings (SSSR count). The van der Waals surface area contributed by atoms with Gasteiger partial charge in [-0.05, 0) is 29.7 Å². The zero-order valence-corrected chi connectivity index (χ0v) is 13.5. The maximum absolute atomic E-state index is 9.42. The third-order valence-electron chi connectivity index (χ3n) is 3.23. The summed E-state index contributed by atoms with van der Waals surface area (Å²) in [6.07, 6.45) is 0.666. The van der Waals surface area contributed by atoms with Gasteiger partial charge >= 0.3 is 0 Å². The monoisotopic (exact) mass is 292 g/mol. The number of thioether (sulfide) groups is 1. The molecule has 1 aromatic rings. The van der Waals surface area contributed by atoms with E-state index in [-0.39, 0.29) is 18.1 Å². The largest absolute Gasteiger partial charge is 0.396 e. The Morgan fingerprint density at radius 3 is 2.60 bits per heavy atom. The summed E-state index contributed by atoms with van der Waals surface area (Å²) in [5.74, 6) is 0.942. The van der Waals surface area contributed by atoms with E-state index in [1.54, 1.807) is 11.8 Å². The SMILES string of the molecule is CCSc1cccc(NC(CCO)C(C)(C)C)c1C#N. The average Bonchev–Trinajstić information content (AvgIpc) is 2.38. The maximum atomic E-state index is 9.42. The van der Waals surface area contributed by atoms with Gasteiger partial charge in [0.05, 0.1) is 11.3 Å². The molecule has 0 amide bonds. The summed E-state index contributed by atoms with van der Waals surface area (Å²) in [7, 11) is 0. The van der Waals surface area contributed by atoms with Crippen molar-refractivity contribution in [2.45, 2.75) is 45.1 Å². The molecule has 20 heavy (non-hydrogen) atoms. The van der Waals surface area contributed by atoms with Crippen molar-refractivity contribution in [1.82, 2.24) is 0 Å². The first-order valence-corrected chi connectivity index (χ1v) is 7.95. The van der Waals surface area contributed by atoms with Crippen molar-refractivity contribution < 1.29 is 5.11 Å². The van der Waals surface area contributed by atoms with Gasteiger partial charge in [-0.25, -0.2) is 0 Å². The molecule has 110 valence electrons. The first-order chi connectivity index (χ1) is 9.43. The quantitative estimate of drug-likeness (QED) is 0.781. The molecule has 3 nitrogen and oxygen atoms in total. The molecule has 1 aromatic carbocycles.